The largest absolute Gasteiger partial charge is 0.369 e. The van der Waals surface area contributed by atoms with Crippen molar-refractivity contribution in [2.24, 2.45) is 10.2 Å². The van der Waals surface area contributed by atoms with Crippen molar-refractivity contribution in [3.63, 3.8) is 0 Å². The Kier molecular flexibility index (Phi) is 4.79. The number of carbonyl (C=O) groups excluding carboxylic acids is 1. The summed E-state index contributed by atoms with van der Waals surface area (Å²) >= 11 is 0. The quantitative estimate of drug-likeness (QED) is 0.724. The zero-order valence-corrected chi connectivity index (χ0v) is 14.1. The van der Waals surface area contributed by atoms with E-state index in [0.29, 0.717) is 19.3 Å². The van der Waals surface area contributed by atoms with Crippen LogP contribution in [0.2, 0.25) is 0 Å². The van der Waals surface area contributed by atoms with E-state index in [1.807, 2.05) is 24.1 Å². The summed E-state index contributed by atoms with van der Waals surface area (Å²) in [5.74, 6) is 2.78. The van der Waals surface area contributed by atoms with E-state index in [9.17, 15) is 4.79 Å². The first kappa shape index (κ1) is 16.4. The number of anilines is 1. The van der Waals surface area contributed by atoms with Crippen LogP contribution in [0.25, 0.3) is 0 Å². The van der Waals surface area contributed by atoms with Gasteiger partial charge in [-0.25, -0.2) is 0 Å². The third-order valence-electron chi connectivity index (χ3n) is 4.92. The summed E-state index contributed by atoms with van der Waals surface area (Å²) in [5, 5.41) is 8.19. The van der Waals surface area contributed by atoms with Crippen LogP contribution in [0.15, 0.2) is 34.8 Å². The van der Waals surface area contributed by atoms with E-state index in [1.165, 1.54) is 0 Å². The van der Waals surface area contributed by atoms with Crippen molar-refractivity contribution in [1.82, 2.24) is 9.88 Å². The summed E-state index contributed by atoms with van der Waals surface area (Å²) in [6.45, 7) is 1.83. The number of terminal acetylenes is 1. The zero-order chi connectivity index (χ0) is 17.0. The molecule has 1 amide bonds. The molecule has 1 unspecified atom stereocenters. The summed E-state index contributed by atoms with van der Waals surface area (Å²) in [5.41, 5.74) is 0.791. The van der Waals surface area contributed by atoms with Crippen molar-refractivity contribution in [3.8, 4) is 12.3 Å². The van der Waals surface area contributed by atoms with Gasteiger partial charge in [0.1, 0.15) is 0 Å². The highest BCUT2D eigenvalue weighted by molar-refractivity contribution is 5.76. The Morgan fingerprint density at radius 3 is 2.83 bits per heavy atom. The summed E-state index contributed by atoms with van der Waals surface area (Å²) in [6.07, 6.45) is 12.4. The number of rotatable bonds is 7. The lowest BCUT2D eigenvalue weighted by Gasteiger charge is -2.26. The molecule has 24 heavy (non-hydrogen) atoms. The normalized spacial score (nSPS) is 20.7. The third kappa shape index (κ3) is 3.73. The number of amides is 1. The highest BCUT2D eigenvalue weighted by Crippen LogP contribution is 2.37. The molecule has 0 aromatic carbocycles. The molecular weight excluding hydrogens is 302 g/mol. The maximum Gasteiger partial charge on any atom is 0.222 e. The van der Waals surface area contributed by atoms with Gasteiger partial charge in [0.05, 0.1) is 6.04 Å². The lowest BCUT2D eigenvalue weighted by atomic mass is 10.0. The van der Waals surface area contributed by atoms with Crippen molar-refractivity contribution in [2.75, 3.05) is 25.0 Å². The van der Waals surface area contributed by atoms with Gasteiger partial charge in [-0.15, -0.1) is 12.3 Å². The van der Waals surface area contributed by atoms with E-state index >= 15 is 0 Å². The molecule has 2 aliphatic heterocycles. The second-order valence-electron chi connectivity index (χ2n) is 6.49. The van der Waals surface area contributed by atoms with Crippen LogP contribution in [0.1, 0.15) is 32.1 Å². The highest BCUT2D eigenvalue weighted by atomic mass is 16.2. The van der Waals surface area contributed by atoms with E-state index in [-0.39, 0.29) is 17.6 Å². The van der Waals surface area contributed by atoms with Crippen LogP contribution in [-0.2, 0) is 4.79 Å². The minimum Gasteiger partial charge on any atom is -0.369 e. The Bertz CT molecular complexity index is 645. The van der Waals surface area contributed by atoms with Crippen molar-refractivity contribution >= 4 is 11.6 Å². The second-order valence-corrected chi connectivity index (χ2v) is 6.49. The van der Waals surface area contributed by atoms with Gasteiger partial charge >= 0.3 is 0 Å². The van der Waals surface area contributed by atoms with Crippen LogP contribution >= 0.6 is 0 Å². The predicted molar refractivity (Wildman–Crippen MR) is 92.5 cm³/mol. The highest BCUT2D eigenvalue weighted by Gasteiger charge is 2.40. The molecule has 0 saturated carbocycles. The maximum atomic E-state index is 12.5. The van der Waals surface area contributed by atoms with Crippen LogP contribution in [0.4, 0.5) is 5.69 Å². The van der Waals surface area contributed by atoms with Crippen molar-refractivity contribution < 1.29 is 4.79 Å². The minimum atomic E-state index is -0.373. The number of hydrogen-bond acceptors (Lipinski definition) is 5. The first-order chi connectivity index (χ1) is 11.6. The number of nitrogens with zero attached hydrogens (tertiary/aromatic N) is 5. The Labute approximate surface area is 143 Å². The summed E-state index contributed by atoms with van der Waals surface area (Å²) in [6, 6.07) is 4.27. The topological polar surface area (TPSA) is 61.2 Å². The fourth-order valence-corrected chi connectivity index (χ4v) is 3.20. The molecular formula is C18H23N5O. The van der Waals surface area contributed by atoms with Crippen molar-refractivity contribution in [3.05, 3.63) is 24.5 Å². The van der Waals surface area contributed by atoms with Gasteiger partial charge in [-0.3, -0.25) is 9.78 Å². The van der Waals surface area contributed by atoms with Crippen LogP contribution in [-0.4, -0.2) is 47.6 Å². The molecule has 0 radical (unpaired) electrons. The van der Waals surface area contributed by atoms with Crippen LogP contribution in [0.3, 0.4) is 0 Å². The molecule has 1 fully saturated rings. The molecule has 2 aliphatic rings. The van der Waals surface area contributed by atoms with E-state index < -0.39 is 0 Å². The van der Waals surface area contributed by atoms with E-state index in [1.54, 1.807) is 12.4 Å². The standard InChI is InChI=1S/C18H23N5O/c1-3-4-9-18(20-21-18)10-5-17(24)22(2)16-8-13-23(14-16)15-6-11-19-12-7-15/h1,6-7,11-12,16H,4-5,8-10,13-14H2,2H3. The molecule has 1 aromatic heterocycles. The predicted octanol–water partition coefficient (Wildman–Crippen LogP) is 2.47. The molecule has 1 aromatic rings. The van der Waals surface area contributed by atoms with Gasteiger partial charge in [-0.1, -0.05) is 0 Å². The number of aromatic nitrogens is 1. The average Bonchev–Trinajstić information content (AvgIpc) is 3.22. The Morgan fingerprint density at radius 1 is 1.42 bits per heavy atom. The van der Waals surface area contributed by atoms with Crippen LogP contribution in [0.5, 0.6) is 0 Å². The zero-order valence-electron chi connectivity index (χ0n) is 14.1. The number of carbonyl (C=O) groups is 1. The van der Waals surface area contributed by atoms with E-state index in [0.717, 1.165) is 31.6 Å². The Morgan fingerprint density at radius 2 is 2.17 bits per heavy atom. The SMILES string of the molecule is C#CCCC1(CCC(=O)N(C)C2CCN(c3ccncc3)C2)N=N1. The fraction of sp³-hybridized carbons (Fsp3) is 0.556. The van der Waals surface area contributed by atoms with E-state index in [2.05, 4.69) is 26.0 Å². The summed E-state index contributed by atoms with van der Waals surface area (Å²) in [4.78, 5) is 20.7. The smallest absolute Gasteiger partial charge is 0.222 e. The number of likely N-dealkylation sites (N-methyl/N-ethyl adjacent to an activating group) is 1. The van der Waals surface area contributed by atoms with Gasteiger partial charge in [-0.05, 0) is 18.6 Å². The fourth-order valence-electron chi connectivity index (χ4n) is 3.20. The number of pyridine rings is 1. The molecule has 6 heteroatoms. The monoisotopic (exact) mass is 325 g/mol. The third-order valence-corrected chi connectivity index (χ3v) is 4.92. The average molecular weight is 325 g/mol. The van der Waals surface area contributed by atoms with Crippen molar-refractivity contribution in [1.29, 1.82) is 0 Å². The number of hydrogen-bond donors (Lipinski definition) is 0. The Hall–Kier alpha value is -2.42. The first-order valence-corrected chi connectivity index (χ1v) is 8.42. The molecule has 0 N–H and O–H groups in total. The van der Waals surface area contributed by atoms with Gasteiger partial charge < -0.3 is 9.80 Å². The molecule has 126 valence electrons. The molecule has 3 heterocycles. The minimum absolute atomic E-state index is 0.161. The van der Waals surface area contributed by atoms with Gasteiger partial charge in [0.25, 0.3) is 0 Å². The van der Waals surface area contributed by atoms with Crippen LogP contribution < -0.4 is 4.90 Å². The lowest BCUT2D eigenvalue weighted by Crippen LogP contribution is -2.39. The molecule has 3 rings (SSSR count). The van der Waals surface area contributed by atoms with Crippen LogP contribution in [0, 0.1) is 12.3 Å². The second kappa shape index (κ2) is 7.00. The molecule has 0 spiro atoms. The summed E-state index contributed by atoms with van der Waals surface area (Å²) in [7, 11) is 1.90. The van der Waals surface area contributed by atoms with Gasteiger partial charge in [0.15, 0.2) is 5.66 Å². The van der Waals surface area contributed by atoms with Gasteiger partial charge in [0, 0.05) is 63.9 Å². The summed E-state index contributed by atoms with van der Waals surface area (Å²) < 4.78 is 0. The first-order valence-electron chi connectivity index (χ1n) is 8.42. The molecule has 0 aliphatic carbocycles. The van der Waals surface area contributed by atoms with Gasteiger partial charge in [-0.2, -0.15) is 10.2 Å². The van der Waals surface area contributed by atoms with Gasteiger partial charge in [0.2, 0.25) is 5.91 Å². The van der Waals surface area contributed by atoms with Crippen molar-refractivity contribution in [2.45, 2.75) is 43.8 Å². The maximum absolute atomic E-state index is 12.5. The molecule has 0 bridgehead atoms. The molecule has 1 saturated heterocycles. The Balaban J connectivity index is 1.47. The molecule has 6 nitrogen and oxygen atoms in total. The van der Waals surface area contributed by atoms with E-state index in [4.69, 9.17) is 6.42 Å². The molecule has 1 atom stereocenters. The lowest BCUT2D eigenvalue weighted by molar-refractivity contribution is -0.131.